The molecule has 0 unspecified atom stereocenters. The third-order valence-corrected chi connectivity index (χ3v) is 6.47. The lowest BCUT2D eigenvalue weighted by atomic mass is 9.98. The number of carbonyl (C=O) groups is 1. The SMILES string of the molecule is CCc1nc2cc(-c3ccc4ncc(N5CC(C(=O)N6CCOCC6)C5)nc4c3)ccc2o1. The van der Waals surface area contributed by atoms with Gasteiger partial charge in [-0.1, -0.05) is 19.1 Å². The van der Waals surface area contributed by atoms with Crippen molar-refractivity contribution in [2.45, 2.75) is 13.3 Å². The molecule has 2 fully saturated rings. The normalized spacial score (nSPS) is 17.0. The van der Waals surface area contributed by atoms with Gasteiger partial charge in [-0.05, 0) is 35.4 Å². The smallest absolute Gasteiger partial charge is 0.229 e. The van der Waals surface area contributed by atoms with E-state index in [-0.39, 0.29) is 11.8 Å². The van der Waals surface area contributed by atoms with Crippen molar-refractivity contribution in [3.8, 4) is 11.1 Å². The standard InChI is InChI=1S/C25H25N5O3/c1-2-24-28-21-12-17(4-6-22(21)33-24)16-3-5-19-20(11-16)27-23(13-26-19)30-14-18(15-30)25(31)29-7-9-32-10-8-29/h3-6,11-13,18H,2,7-10,14-15H2,1H3. The number of anilines is 1. The van der Waals surface area contributed by atoms with Gasteiger partial charge in [-0.15, -0.1) is 0 Å². The number of carbonyl (C=O) groups excluding carboxylic acids is 1. The molecule has 0 spiro atoms. The average molecular weight is 444 g/mol. The number of aryl methyl sites for hydroxylation is 1. The van der Waals surface area contributed by atoms with Gasteiger partial charge in [-0.3, -0.25) is 9.78 Å². The first-order chi connectivity index (χ1) is 16.2. The second-order valence-corrected chi connectivity index (χ2v) is 8.61. The van der Waals surface area contributed by atoms with Crippen molar-refractivity contribution in [3.63, 3.8) is 0 Å². The molecule has 6 rings (SSSR count). The van der Waals surface area contributed by atoms with E-state index < -0.39 is 0 Å². The molecule has 0 atom stereocenters. The summed E-state index contributed by atoms with van der Waals surface area (Å²) >= 11 is 0. The molecule has 8 nitrogen and oxygen atoms in total. The number of oxazole rings is 1. The van der Waals surface area contributed by atoms with Crippen LogP contribution in [0.4, 0.5) is 5.82 Å². The molecule has 0 aliphatic carbocycles. The Morgan fingerprint density at radius 1 is 1.00 bits per heavy atom. The van der Waals surface area contributed by atoms with Crippen LogP contribution in [0.3, 0.4) is 0 Å². The van der Waals surface area contributed by atoms with E-state index in [1.54, 1.807) is 6.20 Å². The van der Waals surface area contributed by atoms with Crippen molar-refractivity contribution in [1.29, 1.82) is 0 Å². The molecular formula is C25H25N5O3. The molecule has 2 saturated heterocycles. The summed E-state index contributed by atoms with van der Waals surface area (Å²) in [7, 11) is 0. The molecule has 2 aromatic heterocycles. The highest BCUT2D eigenvalue weighted by molar-refractivity contribution is 5.86. The zero-order chi connectivity index (χ0) is 22.4. The largest absolute Gasteiger partial charge is 0.441 e. The van der Waals surface area contributed by atoms with Gasteiger partial charge in [-0.2, -0.15) is 0 Å². The summed E-state index contributed by atoms with van der Waals surface area (Å²) in [6, 6.07) is 12.2. The molecule has 0 N–H and O–H groups in total. The van der Waals surface area contributed by atoms with E-state index >= 15 is 0 Å². The highest BCUT2D eigenvalue weighted by Crippen LogP contribution is 2.29. The van der Waals surface area contributed by atoms with Gasteiger partial charge in [0.15, 0.2) is 11.5 Å². The summed E-state index contributed by atoms with van der Waals surface area (Å²) < 4.78 is 11.1. The Balaban J connectivity index is 1.22. The van der Waals surface area contributed by atoms with Crippen LogP contribution in [0.1, 0.15) is 12.8 Å². The number of amides is 1. The first kappa shape index (κ1) is 20.1. The van der Waals surface area contributed by atoms with Crippen molar-refractivity contribution in [1.82, 2.24) is 19.9 Å². The Kier molecular flexibility index (Phi) is 4.95. The monoisotopic (exact) mass is 443 g/mol. The number of hydrogen-bond acceptors (Lipinski definition) is 7. The molecule has 8 heteroatoms. The maximum atomic E-state index is 12.7. The van der Waals surface area contributed by atoms with E-state index in [9.17, 15) is 4.79 Å². The van der Waals surface area contributed by atoms with Crippen molar-refractivity contribution in [2.24, 2.45) is 5.92 Å². The number of morpholine rings is 1. The summed E-state index contributed by atoms with van der Waals surface area (Å²) in [4.78, 5) is 30.7. The van der Waals surface area contributed by atoms with Crippen LogP contribution in [0.15, 0.2) is 47.0 Å². The maximum absolute atomic E-state index is 12.7. The first-order valence-corrected chi connectivity index (χ1v) is 11.5. The lowest BCUT2D eigenvalue weighted by molar-refractivity contribution is -0.140. The van der Waals surface area contributed by atoms with E-state index in [4.69, 9.17) is 14.1 Å². The minimum absolute atomic E-state index is 0.0223. The van der Waals surface area contributed by atoms with Crippen LogP contribution in [-0.4, -0.2) is 65.2 Å². The number of ether oxygens (including phenoxy) is 1. The Hall–Kier alpha value is -3.52. The predicted octanol–water partition coefficient (Wildman–Crippen LogP) is 3.30. The molecule has 4 heterocycles. The van der Waals surface area contributed by atoms with Crippen LogP contribution < -0.4 is 4.90 Å². The maximum Gasteiger partial charge on any atom is 0.229 e. The lowest BCUT2D eigenvalue weighted by Crippen LogP contribution is -2.56. The highest BCUT2D eigenvalue weighted by Gasteiger charge is 2.36. The van der Waals surface area contributed by atoms with Gasteiger partial charge in [-0.25, -0.2) is 9.97 Å². The van der Waals surface area contributed by atoms with Gasteiger partial charge >= 0.3 is 0 Å². The minimum Gasteiger partial charge on any atom is -0.441 e. The van der Waals surface area contributed by atoms with E-state index in [0.717, 1.165) is 51.4 Å². The fourth-order valence-electron chi connectivity index (χ4n) is 4.50. The highest BCUT2D eigenvalue weighted by atomic mass is 16.5. The zero-order valence-corrected chi connectivity index (χ0v) is 18.5. The number of hydrogen-bond donors (Lipinski definition) is 0. The molecule has 2 aromatic carbocycles. The number of benzene rings is 2. The molecule has 0 saturated carbocycles. The molecule has 4 aromatic rings. The molecule has 168 valence electrons. The molecule has 1 amide bonds. The van der Waals surface area contributed by atoms with Crippen LogP contribution in [0.5, 0.6) is 0 Å². The van der Waals surface area contributed by atoms with Crippen molar-refractivity contribution < 1.29 is 13.9 Å². The van der Waals surface area contributed by atoms with E-state index in [1.807, 2.05) is 36.1 Å². The Morgan fingerprint density at radius 2 is 1.76 bits per heavy atom. The first-order valence-electron chi connectivity index (χ1n) is 11.5. The molecule has 2 aliphatic rings. The average Bonchev–Trinajstić information content (AvgIpc) is 3.26. The van der Waals surface area contributed by atoms with Gasteiger partial charge < -0.3 is 19.0 Å². The van der Waals surface area contributed by atoms with Crippen LogP contribution in [0.25, 0.3) is 33.3 Å². The summed E-state index contributed by atoms with van der Waals surface area (Å²) in [5.41, 5.74) is 5.47. The third-order valence-electron chi connectivity index (χ3n) is 6.47. The molecule has 0 radical (unpaired) electrons. The summed E-state index contributed by atoms with van der Waals surface area (Å²) in [6.07, 6.45) is 2.57. The predicted molar refractivity (Wildman–Crippen MR) is 125 cm³/mol. The fourth-order valence-corrected chi connectivity index (χ4v) is 4.50. The molecule has 0 bridgehead atoms. The lowest BCUT2D eigenvalue weighted by Gasteiger charge is -2.41. The summed E-state index contributed by atoms with van der Waals surface area (Å²) in [5, 5.41) is 0. The van der Waals surface area contributed by atoms with Gasteiger partial charge in [0.25, 0.3) is 0 Å². The third kappa shape index (κ3) is 3.70. The van der Waals surface area contributed by atoms with Gasteiger partial charge in [0, 0.05) is 32.6 Å². The Labute approximate surface area is 191 Å². The fraction of sp³-hybridized carbons (Fsp3) is 0.360. The van der Waals surface area contributed by atoms with Crippen LogP contribution in [0.2, 0.25) is 0 Å². The second kappa shape index (κ2) is 8.12. The van der Waals surface area contributed by atoms with E-state index in [1.165, 1.54) is 0 Å². The Morgan fingerprint density at radius 3 is 2.55 bits per heavy atom. The van der Waals surface area contributed by atoms with Crippen molar-refractivity contribution in [2.75, 3.05) is 44.3 Å². The van der Waals surface area contributed by atoms with E-state index in [0.29, 0.717) is 39.4 Å². The molecule has 33 heavy (non-hydrogen) atoms. The van der Waals surface area contributed by atoms with Crippen molar-refractivity contribution >= 4 is 33.9 Å². The number of nitrogens with zero attached hydrogens (tertiary/aromatic N) is 5. The number of fused-ring (bicyclic) bond motifs is 2. The van der Waals surface area contributed by atoms with Crippen LogP contribution >= 0.6 is 0 Å². The molecular weight excluding hydrogens is 418 g/mol. The van der Waals surface area contributed by atoms with Gasteiger partial charge in [0.05, 0.1) is 36.4 Å². The van der Waals surface area contributed by atoms with Crippen LogP contribution in [-0.2, 0) is 16.0 Å². The van der Waals surface area contributed by atoms with Gasteiger partial charge in [0.2, 0.25) is 5.91 Å². The summed E-state index contributed by atoms with van der Waals surface area (Å²) in [6.45, 7) is 6.02. The van der Waals surface area contributed by atoms with Gasteiger partial charge in [0.1, 0.15) is 11.3 Å². The van der Waals surface area contributed by atoms with Crippen molar-refractivity contribution in [3.05, 3.63) is 48.5 Å². The van der Waals surface area contributed by atoms with E-state index in [2.05, 4.69) is 27.0 Å². The number of rotatable bonds is 4. The summed E-state index contributed by atoms with van der Waals surface area (Å²) in [5.74, 6) is 1.80. The minimum atomic E-state index is 0.0223. The quantitative estimate of drug-likeness (QED) is 0.478. The second-order valence-electron chi connectivity index (χ2n) is 8.61. The van der Waals surface area contributed by atoms with Crippen LogP contribution in [0, 0.1) is 5.92 Å². The topological polar surface area (TPSA) is 84.6 Å². The number of aromatic nitrogens is 3. The zero-order valence-electron chi connectivity index (χ0n) is 18.5. The molecule has 2 aliphatic heterocycles. The Bertz CT molecular complexity index is 1340.